The van der Waals surface area contributed by atoms with Gasteiger partial charge in [0.05, 0.1) is 18.8 Å². The zero-order valence-electron chi connectivity index (χ0n) is 24.4. The molecule has 0 unspecified atom stereocenters. The second-order valence-electron chi connectivity index (χ2n) is 10.6. The Hall–Kier alpha value is -5.29. The zero-order valence-corrected chi connectivity index (χ0v) is 24.4. The molecule has 0 atom stereocenters. The van der Waals surface area contributed by atoms with Crippen molar-refractivity contribution in [1.29, 1.82) is 0 Å². The average molecular weight is 594 g/mol. The fourth-order valence-corrected chi connectivity index (χ4v) is 5.23. The number of aryl methyl sites for hydroxylation is 2. The van der Waals surface area contributed by atoms with Gasteiger partial charge in [0.1, 0.15) is 17.7 Å². The maximum atomic E-state index is 14.5. The number of carbonyl (C=O) groups is 2. The highest BCUT2D eigenvalue weighted by Crippen LogP contribution is 2.28. The van der Waals surface area contributed by atoms with E-state index in [-0.39, 0.29) is 11.8 Å². The summed E-state index contributed by atoms with van der Waals surface area (Å²) in [5.74, 6) is -0.540. The third kappa shape index (κ3) is 6.23. The van der Waals surface area contributed by atoms with Crippen molar-refractivity contribution in [3.63, 3.8) is 0 Å². The highest BCUT2D eigenvalue weighted by Gasteiger charge is 2.19. The van der Waals surface area contributed by atoms with Crippen molar-refractivity contribution in [2.75, 3.05) is 41.8 Å². The Labute approximate surface area is 253 Å². The predicted molar refractivity (Wildman–Crippen MR) is 167 cm³/mol. The molecule has 3 heterocycles. The van der Waals surface area contributed by atoms with Crippen LogP contribution in [-0.4, -0.2) is 52.7 Å². The van der Waals surface area contributed by atoms with Crippen molar-refractivity contribution in [3.8, 4) is 0 Å². The van der Waals surface area contributed by atoms with Crippen LogP contribution in [0.5, 0.6) is 0 Å². The van der Waals surface area contributed by atoms with Crippen LogP contribution in [0.3, 0.4) is 0 Å². The van der Waals surface area contributed by atoms with E-state index in [2.05, 4.69) is 26.0 Å². The summed E-state index contributed by atoms with van der Waals surface area (Å²) in [4.78, 5) is 32.8. The van der Waals surface area contributed by atoms with Crippen LogP contribution in [0.4, 0.5) is 27.3 Å². The molecule has 0 spiro atoms. The Kier molecular flexibility index (Phi) is 8.20. The molecule has 0 radical (unpaired) electrons. The molecule has 1 aliphatic rings. The van der Waals surface area contributed by atoms with Crippen LogP contribution in [0.25, 0.3) is 5.52 Å². The zero-order chi connectivity index (χ0) is 30.6. The molecule has 44 heavy (non-hydrogen) atoms. The van der Waals surface area contributed by atoms with Gasteiger partial charge in [-0.1, -0.05) is 36.4 Å². The molecule has 1 aliphatic heterocycles. The average Bonchev–Trinajstić information content (AvgIpc) is 3.38. The lowest BCUT2D eigenvalue weighted by molar-refractivity contribution is 0.0949. The Bertz CT molecular complexity index is 1830. The van der Waals surface area contributed by atoms with Crippen molar-refractivity contribution in [2.24, 2.45) is 0 Å². The molecule has 3 N–H and O–H groups in total. The van der Waals surface area contributed by atoms with Gasteiger partial charge in [0, 0.05) is 48.5 Å². The van der Waals surface area contributed by atoms with Gasteiger partial charge in [-0.05, 0) is 60.9 Å². The summed E-state index contributed by atoms with van der Waals surface area (Å²) in [7, 11) is 0. The lowest BCUT2D eigenvalue weighted by Crippen LogP contribution is -2.36. The molecular weight excluding hydrogens is 561 g/mol. The molecule has 6 rings (SSSR count). The lowest BCUT2D eigenvalue weighted by Gasteiger charge is -2.29. The number of carbonyl (C=O) groups excluding carboxylic acids is 2. The minimum atomic E-state index is -0.431. The third-order valence-corrected chi connectivity index (χ3v) is 7.64. The monoisotopic (exact) mass is 593 g/mol. The summed E-state index contributed by atoms with van der Waals surface area (Å²) >= 11 is 0. The summed E-state index contributed by atoms with van der Waals surface area (Å²) in [6.07, 6.45) is 3.08. The summed E-state index contributed by atoms with van der Waals surface area (Å²) in [5, 5.41) is 13.4. The molecule has 0 bridgehead atoms. The van der Waals surface area contributed by atoms with Gasteiger partial charge >= 0.3 is 0 Å². The van der Waals surface area contributed by atoms with E-state index in [0.717, 1.165) is 11.1 Å². The fraction of sp³-hybridized carbons (Fsp3) is 0.212. The normalized spacial score (nSPS) is 13.1. The van der Waals surface area contributed by atoms with Crippen LogP contribution < -0.4 is 20.9 Å². The minimum Gasteiger partial charge on any atom is -0.378 e. The number of benzene rings is 3. The third-order valence-electron chi connectivity index (χ3n) is 7.64. The predicted octanol–water partition coefficient (Wildman–Crippen LogP) is 5.25. The summed E-state index contributed by atoms with van der Waals surface area (Å²) in [6.45, 7) is 6.62. The van der Waals surface area contributed by atoms with E-state index in [1.54, 1.807) is 28.9 Å². The van der Waals surface area contributed by atoms with Crippen LogP contribution in [0.15, 0.2) is 79.3 Å². The standard InChI is InChI=1S/C33H32FN7O3/c1-21-8-9-24(32(42)38-26-15-25(34)16-27(17-26)40-10-12-44-13-11-40)14-29(21)39-31-30-22(2)28(19-41(30)37-20-36-31)33(43)35-18-23-6-4-3-5-7-23/h3-9,14-17,19-20H,10-13,18H2,1-2H3,(H,35,43)(H,38,42)(H,36,37,39). The number of nitrogens with zero attached hydrogens (tertiary/aromatic N) is 4. The molecule has 3 aromatic carbocycles. The molecule has 10 nitrogen and oxygen atoms in total. The number of rotatable bonds is 8. The summed E-state index contributed by atoms with van der Waals surface area (Å²) in [6, 6.07) is 19.5. The van der Waals surface area contributed by atoms with Gasteiger partial charge in [0.2, 0.25) is 0 Å². The highest BCUT2D eigenvalue weighted by atomic mass is 19.1. The van der Waals surface area contributed by atoms with Crippen LogP contribution >= 0.6 is 0 Å². The molecular formula is C33H32FN7O3. The first-order chi connectivity index (χ1) is 21.4. The summed E-state index contributed by atoms with van der Waals surface area (Å²) < 4.78 is 21.5. The maximum Gasteiger partial charge on any atom is 0.255 e. The SMILES string of the molecule is Cc1ccc(C(=O)Nc2cc(F)cc(N3CCOCC3)c2)cc1Nc1ncnn2cc(C(=O)NCc3ccccc3)c(C)c12. The first-order valence-electron chi connectivity index (χ1n) is 14.3. The van der Waals surface area contributed by atoms with Crippen molar-refractivity contribution in [1.82, 2.24) is 19.9 Å². The molecule has 2 aromatic heterocycles. The Morgan fingerprint density at radius 2 is 1.77 bits per heavy atom. The number of ether oxygens (including phenoxy) is 1. The number of morpholine rings is 1. The second-order valence-corrected chi connectivity index (χ2v) is 10.6. The van der Waals surface area contributed by atoms with Crippen molar-refractivity contribution in [3.05, 3.63) is 113 Å². The van der Waals surface area contributed by atoms with E-state index < -0.39 is 5.82 Å². The van der Waals surface area contributed by atoms with E-state index in [1.807, 2.05) is 55.1 Å². The van der Waals surface area contributed by atoms with Gasteiger partial charge in [-0.3, -0.25) is 9.59 Å². The quantitative estimate of drug-likeness (QED) is 0.225. The lowest BCUT2D eigenvalue weighted by atomic mass is 10.1. The van der Waals surface area contributed by atoms with E-state index >= 15 is 0 Å². The number of nitrogens with one attached hydrogen (secondary N) is 3. The fourth-order valence-electron chi connectivity index (χ4n) is 5.23. The molecule has 11 heteroatoms. The number of fused-ring (bicyclic) bond motifs is 1. The van der Waals surface area contributed by atoms with E-state index in [0.29, 0.717) is 77.9 Å². The van der Waals surface area contributed by atoms with E-state index in [9.17, 15) is 14.0 Å². The first kappa shape index (κ1) is 28.8. The van der Waals surface area contributed by atoms with Crippen LogP contribution in [-0.2, 0) is 11.3 Å². The van der Waals surface area contributed by atoms with Gasteiger partial charge in [0.25, 0.3) is 11.8 Å². The van der Waals surface area contributed by atoms with Crippen LogP contribution in [0.1, 0.15) is 37.4 Å². The molecule has 0 aliphatic carbocycles. The van der Waals surface area contributed by atoms with Gasteiger partial charge in [-0.25, -0.2) is 13.9 Å². The molecule has 5 aromatic rings. The highest BCUT2D eigenvalue weighted by molar-refractivity contribution is 6.05. The Morgan fingerprint density at radius 3 is 2.57 bits per heavy atom. The van der Waals surface area contributed by atoms with Crippen LogP contribution in [0, 0.1) is 19.7 Å². The van der Waals surface area contributed by atoms with Crippen molar-refractivity contribution < 1.29 is 18.7 Å². The Balaban J connectivity index is 1.21. The minimum absolute atomic E-state index is 0.216. The molecule has 1 saturated heterocycles. The number of halogens is 1. The van der Waals surface area contributed by atoms with Gasteiger partial charge in [0.15, 0.2) is 5.82 Å². The number of amides is 2. The van der Waals surface area contributed by atoms with Gasteiger partial charge in [-0.2, -0.15) is 5.10 Å². The first-order valence-corrected chi connectivity index (χ1v) is 14.3. The number of anilines is 4. The number of hydrogen-bond acceptors (Lipinski definition) is 7. The molecule has 2 amide bonds. The van der Waals surface area contributed by atoms with Gasteiger partial charge in [-0.15, -0.1) is 0 Å². The topological polar surface area (TPSA) is 113 Å². The number of hydrogen-bond donors (Lipinski definition) is 3. The summed E-state index contributed by atoms with van der Waals surface area (Å²) in [5.41, 5.74) is 5.82. The van der Waals surface area contributed by atoms with E-state index in [1.165, 1.54) is 18.5 Å². The maximum absolute atomic E-state index is 14.5. The van der Waals surface area contributed by atoms with Gasteiger partial charge < -0.3 is 25.6 Å². The molecule has 224 valence electrons. The van der Waals surface area contributed by atoms with Crippen LogP contribution in [0.2, 0.25) is 0 Å². The van der Waals surface area contributed by atoms with E-state index in [4.69, 9.17) is 4.74 Å². The largest absolute Gasteiger partial charge is 0.378 e. The Morgan fingerprint density at radius 1 is 0.977 bits per heavy atom. The second kappa shape index (κ2) is 12.5. The molecule has 0 saturated carbocycles. The van der Waals surface area contributed by atoms with Crippen molar-refractivity contribution in [2.45, 2.75) is 20.4 Å². The molecule has 1 fully saturated rings. The smallest absolute Gasteiger partial charge is 0.255 e. The number of aromatic nitrogens is 3. The van der Waals surface area contributed by atoms with Crippen molar-refractivity contribution >= 4 is 40.2 Å².